The lowest BCUT2D eigenvalue weighted by molar-refractivity contribution is 0.0697. The summed E-state index contributed by atoms with van der Waals surface area (Å²) in [5, 5.41) is 17.3. The molecule has 0 amide bonds. The van der Waals surface area contributed by atoms with Crippen LogP contribution < -0.4 is 10.5 Å². The summed E-state index contributed by atoms with van der Waals surface area (Å²) in [6.07, 6.45) is 1.70. The molecular formula is C9H12N2O4. The number of hydrogen-bond acceptors (Lipinski definition) is 5. The number of carboxylic acids is 1. The molecule has 15 heavy (non-hydrogen) atoms. The van der Waals surface area contributed by atoms with E-state index in [9.17, 15) is 4.79 Å². The van der Waals surface area contributed by atoms with E-state index in [2.05, 4.69) is 4.98 Å². The Labute approximate surface area is 86.3 Å². The van der Waals surface area contributed by atoms with E-state index in [0.717, 1.165) is 0 Å². The number of nitrogens with two attached hydrogens (primary N) is 1. The molecule has 0 unspecified atom stereocenters. The first-order valence-electron chi connectivity index (χ1n) is 4.37. The van der Waals surface area contributed by atoms with Gasteiger partial charge in [0.2, 0.25) is 5.88 Å². The van der Waals surface area contributed by atoms with E-state index in [1.54, 1.807) is 0 Å². The minimum Gasteiger partial charge on any atom is -0.478 e. The number of nitrogen functional groups attached to an aromatic ring is 1. The van der Waals surface area contributed by atoms with Crippen LogP contribution in [-0.4, -0.2) is 34.4 Å². The molecule has 0 aromatic carbocycles. The van der Waals surface area contributed by atoms with Crippen molar-refractivity contribution in [3.05, 3.63) is 17.8 Å². The minimum atomic E-state index is -1.12. The molecule has 1 aromatic rings. The van der Waals surface area contributed by atoms with Gasteiger partial charge in [0, 0.05) is 19.1 Å². The van der Waals surface area contributed by atoms with Crippen LogP contribution in [0.15, 0.2) is 12.3 Å². The topological polar surface area (TPSA) is 106 Å². The molecule has 1 heterocycles. The first-order valence-corrected chi connectivity index (χ1v) is 4.37. The normalized spacial score (nSPS) is 9.93. The highest BCUT2D eigenvalue weighted by Gasteiger charge is 2.09. The van der Waals surface area contributed by atoms with Crippen molar-refractivity contribution in [2.24, 2.45) is 0 Å². The van der Waals surface area contributed by atoms with Crippen LogP contribution in [0.2, 0.25) is 0 Å². The van der Waals surface area contributed by atoms with Crippen LogP contribution in [0.25, 0.3) is 0 Å². The van der Waals surface area contributed by atoms with Crippen LogP contribution in [0.3, 0.4) is 0 Å². The van der Waals surface area contributed by atoms with Crippen molar-refractivity contribution >= 4 is 11.7 Å². The molecule has 0 aliphatic rings. The number of aliphatic hydroxyl groups excluding tert-OH is 1. The molecule has 0 aliphatic heterocycles. The molecule has 0 fully saturated rings. The van der Waals surface area contributed by atoms with Gasteiger partial charge < -0.3 is 20.7 Å². The van der Waals surface area contributed by atoms with E-state index in [1.165, 1.54) is 12.3 Å². The highest BCUT2D eigenvalue weighted by atomic mass is 16.5. The summed E-state index contributed by atoms with van der Waals surface area (Å²) in [5.74, 6) is -0.933. The van der Waals surface area contributed by atoms with Crippen LogP contribution in [0.4, 0.5) is 5.69 Å². The summed E-state index contributed by atoms with van der Waals surface area (Å²) < 4.78 is 5.10. The van der Waals surface area contributed by atoms with Crippen LogP contribution in [0.5, 0.6) is 5.88 Å². The third-order valence-corrected chi connectivity index (χ3v) is 1.69. The number of ether oxygens (including phenoxy) is 1. The fraction of sp³-hybridized carbons (Fsp3) is 0.333. The number of anilines is 1. The van der Waals surface area contributed by atoms with Gasteiger partial charge in [-0.3, -0.25) is 0 Å². The number of nitrogens with zero attached hydrogens (tertiary/aromatic N) is 1. The Morgan fingerprint density at radius 1 is 1.60 bits per heavy atom. The lowest BCUT2D eigenvalue weighted by Gasteiger charge is -2.06. The quantitative estimate of drug-likeness (QED) is 0.599. The molecule has 1 rings (SSSR count). The standard InChI is InChI=1S/C9H12N2O4/c10-7-5-11-8(15-3-1-2-12)4-6(7)9(13)14/h4-5,12H,1-3,10H2,(H,13,14). The van der Waals surface area contributed by atoms with Gasteiger partial charge in [0.25, 0.3) is 0 Å². The summed E-state index contributed by atoms with van der Waals surface area (Å²) in [4.78, 5) is 14.5. The Morgan fingerprint density at radius 2 is 2.33 bits per heavy atom. The Kier molecular flexibility index (Phi) is 3.87. The summed E-state index contributed by atoms with van der Waals surface area (Å²) in [6, 6.07) is 1.26. The second-order valence-electron chi connectivity index (χ2n) is 2.84. The molecule has 6 nitrogen and oxygen atoms in total. The second kappa shape index (κ2) is 5.16. The van der Waals surface area contributed by atoms with Gasteiger partial charge in [-0.25, -0.2) is 9.78 Å². The van der Waals surface area contributed by atoms with E-state index in [1.807, 2.05) is 0 Å². The number of aliphatic hydroxyl groups is 1. The molecule has 0 atom stereocenters. The molecule has 4 N–H and O–H groups in total. The van der Waals surface area contributed by atoms with Crippen molar-refractivity contribution in [1.82, 2.24) is 4.98 Å². The molecule has 82 valence electrons. The minimum absolute atomic E-state index is 0.0146. The van der Waals surface area contributed by atoms with Crippen LogP contribution in [0, 0.1) is 0 Å². The average molecular weight is 212 g/mol. The zero-order valence-electron chi connectivity index (χ0n) is 8.01. The first-order chi connectivity index (χ1) is 7.15. The molecule has 6 heteroatoms. The van der Waals surface area contributed by atoms with Gasteiger partial charge in [0.1, 0.15) is 0 Å². The molecular weight excluding hydrogens is 200 g/mol. The highest BCUT2D eigenvalue weighted by molar-refractivity contribution is 5.93. The Bertz CT molecular complexity index is 354. The maximum Gasteiger partial charge on any atom is 0.338 e. The highest BCUT2D eigenvalue weighted by Crippen LogP contribution is 2.16. The predicted molar refractivity (Wildman–Crippen MR) is 52.8 cm³/mol. The molecule has 0 spiro atoms. The molecule has 0 saturated heterocycles. The Balaban J connectivity index is 2.74. The maximum absolute atomic E-state index is 10.7. The Morgan fingerprint density at radius 3 is 2.93 bits per heavy atom. The summed E-state index contributed by atoms with van der Waals surface area (Å²) in [6.45, 7) is 0.299. The van der Waals surface area contributed by atoms with Crippen molar-refractivity contribution in [3.8, 4) is 5.88 Å². The molecule has 0 bridgehead atoms. The zero-order valence-corrected chi connectivity index (χ0v) is 8.01. The number of rotatable bonds is 5. The lowest BCUT2D eigenvalue weighted by Crippen LogP contribution is -2.06. The average Bonchev–Trinajstić information content (AvgIpc) is 2.20. The largest absolute Gasteiger partial charge is 0.478 e. The van der Waals surface area contributed by atoms with Crippen molar-refractivity contribution in [1.29, 1.82) is 0 Å². The van der Waals surface area contributed by atoms with Gasteiger partial charge >= 0.3 is 5.97 Å². The van der Waals surface area contributed by atoms with Crippen LogP contribution >= 0.6 is 0 Å². The van der Waals surface area contributed by atoms with E-state index in [0.29, 0.717) is 6.42 Å². The zero-order chi connectivity index (χ0) is 11.3. The summed E-state index contributed by atoms with van der Waals surface area (Å²) in [5.41, 5.74) is 5.46. The van der Waals surface area contributed by atoms with E-state index in [-0.39, 0.29) is 30.3 Å². The van der Waals surface area contributed by atoms with Crippen molar-refractivity contribution in [3.63, 3.8) is 0 Å². The van der Waals surface area contributed by atoms with E-state index >= 15 is 0 Å². The predicted octanol–water partition coefficient (Wildman–Crippen LogP) is 0.123. The fourth-order valence-corrected chi connectivity index (χ4v) is 0.952. The van der Waals surface area contributed by atoms with Crippen molar-refractivity contribution in [2.45, 2.75) is 6.42 Å². The van der Waals surface area contributed by atoms with Gasteiger partial charge in [0.05, 0.1) is 24.1 Å². The first kappa shape index (κ1) is 11.3. The number of carbonyl (C=O) groups is 1. The van der Waals surface area contributed by atoms with Crippen LogP contribution in [0.1, 0.15) is 16.8 Å². The van der Waals surface area contributed by atoms with Gasteiger partial charge in [0.15, 0.2) is 0 Å². The van der Waals surface area contributed by atoms with E-state index < -0.39 is 5.97 Å². The summed E-state index contributed by atoms with van der Waals surface area (Å²) >= 11 is 0. The van der Waals surface area contributed by atoms with Gasteiger partial charge in [-0.1, -0.05) is 0 Å². The number of pyridine rings is 1. The smallest absolute Gasteiger partial charge is 0.338 e. The third-order valence-electron chi connectivity index (χ3n) is 1.69. The number of hydrogen-bond donors (Lipinski definition) is 3. The molecule has 0 radical (unpaired) electrons. The molecule has 1 aromatic heterocycles. The second-order valence-corrected chi connectivity index (χ2v) is 2.84. The third kappa shape index (κ3) is 3.10. The molecule has 0 saturated carbocycles. The Hall–Kier alpha value is -1.82. The molecule has 0 aliphatic carbocycles. The maximum atomic E-state index is 10.7. The van der Waals surface area contributed by atoms with Gasteiger partial charge in [-0.15, -0.1) is 0 Å². The van der Waals surface area contributed by atoms with Crippen molar-refractivity contribution in [2.75, 3.05) is 18.9 Å². The monoisotopic (exact) mass is 212 g/mol. The SMILES string of the molecule is Nc1cnc(OCCCO)cc1C(=O)O. The lowest BCUT2D eigenvalue weighted by atomic mass is 10.2. The fourth-order valence-electron chi connectivity index (χ4n) is 0.952. The number of aromatic nitrogens is 1. The number of aromatic carboxylic acids is 1. The van der Waals surface area contributed by atoms with Gasteiger partial charge in [-0.2, -0.15) is 0 Å². The van der Waals surface area contributed by atoms with Crippen LogP contribution in [-0.2, 0) is 0 Å². The van der Waals surface area contributed by atoms with Crippen molar-refractivity contribution < 1.29 is 19.7 Å². The summed E-state index contributed by atoms with van der Waals surface area (Å²) in [7, 11) is 0. The number of carboxylic acid groups (broad SMARTS) is 1. The van der Waals surface area contributed by atoms with E-state index in [4.69, 9.17) is 20.7 Å². The van der Waals surface area contributed by atoms with Gasteiger partial charge in [-0.05, 0) is 0 Å².